The van der Waals surface area contributed by atoms with E-state index in [9.17, 15) is 8.78 Å². The molecule has 0 aliphatic heterocycles. The Morgan fingerprint density at radius 3 is 2.80 bits per heavy atom. The van der Waals surface area contributed by atoms with Gasteiger partial charge >= 0.3 is 0 Å². The highest BCUT2D eigenvalue weighted by molar-refractivity contribution is 6.32. The van der Waals surface area contributed by atoms with E-state index < -0.39 is 13.0 Å². The van der Waals surface area contributed by atoms with Crippen LogP contribution in [0.5, 0.6) is 0 Å². The van der Waals surface area contributed by atoms with E-state index in [1.54, 1.807) is 0 Å². The summed E-state index contributed by atoms with van der Waals surface area (Å²) in [5, 5.41) is 8.92. The summed E-state index contributed by atoms with van der Waals surface area (Å²) in [6.45, 7) is -0.703. The second kappa shape index (κ2) is 5.77. The second-order valence-corrected chi connectivity index (χ2v) is 3.16. The summed E-state index contributed by atoms with van der Waals surface area (Å²) in [4.78, 5) is 8.65. The molecule has 0 saturated carbocycles. The Morgan fingerprint density at radius 1 is 1.53 bits per heavy atom. The van der Waals surface area contributed by atoms with E-state index in [0.717, 1.165) is 0 Å². The van der Waals surface area contributed by atoms with Crippen LogP contribution < -0.4 is 4.90 Å². The number of alkyl halides is 2. The van der Waals surface area contributed by atoms with Gasteiger partial charge in [0.25, 0.3) is 6.43 Å². The van der Waals surface area contributed by atoms with Gasteiger partial charge < -0.3 is 10.0 Å². The van der Waals surface area contributed by atoms with E-state index in [2.05, 4.69) is 9.97 Å². The minimum atomic E-state index is -2.51. The molecule has 7 heteroatoms. The van der Waals surface area contributed by atoms with Crippen molar-refractivity contribution in [3.8, 4) is 0 Å². The molecule has 0 atom stereocenters. The molecule has 0 aliphatic rings. The van der Waals surface area contributed by atoms with Gasteiger partial charge in [-0.25, -0.2) is 18.7 Å². The van der Waals surface area contributed by atoms with Crippen molar-refractivity contribution in [2.45, 2.75) is 6.43 Å². The molecule has 1 aromatic heterocycles. The first-order valence-corrected chi connectivity index (χ1v) is 4.62. The van der Waals surface area contributed by atoms with E-state index in [1.807, 2.05) is 0 Å². The summed E-state index contributed by atoms with van der Waals surface area (Å²) < 4.78 is 24.4. The molecule has 0 bridgehead atoms. The van der Waals surface area contributed by atoms with Crippen molar-refractivity contribution in [3.63, 3.8) is 0 Å². The van der Waals surface area contributed by atoms with Gasteiger partial charge in [-0.2, -0.15) is 0 Å². The van der Waals surface area contributed by atoms with Crippen molar-refractivity contribution < 1.29 is 13.9 Å². The molecule has 15 heavy (non-hydrogen) atoms. The number of hydrogen-bond acceptors (Lipinski definition) is 4. The Hall–Kier alpha value is -1.01. The summed E-state index contributed by atoms with van der Waals surface area (Å²) in [5.41, 5.74) is 0. The van der Waals surface area contributed by atoms with Crippen LogP contribution in [0, 0.1) is 0 Å². The molecule has 0 aliphatic carbocycles. The van der Waals surface area contributed by atoms with Crippen LogP contribution in [-0.2, 0) is 0 Å². The zero-order valence-electron chi connectivity index (χ0n) is 7.78. The lowest BCUT2D eigenvalue weighted by molar-refractivity contribution is 0.152. The van der Waals surface area contributed by atoms with Crippen molar-refractivity contribution in [1.29, 1.82) is 0 Å². The molecule has 0 spiro atoms. The fourth-order valence-electron chi connectivity index (χ4n) is 1.11. The molecule has 1 rings (SSSR count). The molecule has 0 unspecified atom stereocenters. The van der Waals surface area contributed by atoms with Crippen LogP contribution in [0.1, 0.15) is 0 Å². The van der Waals surface area contributed by atoms with Gasteiger partial charge in [-0.05, 0) is 0 Å². The van der Waals surface area contributed by atoms with Gasteiger partial charge in [0.2, 0.25) is 0 Å². The minimum absolute atomic E-state index is 0.0566. The van der Waals surface area contributed by atoms with Gasteiger partial charge in [0, 0.05) is 6.54 Å². The maximum absolute atomic E-state index is 12.2. The second-order valence-electron chi connectivity index (χ2n) is 2.75. The topological polar surface area (TPSA) is 49.2 Å². The van der Waals surface area contributed by atoms with Crippen LogP contribution >= 0.6 is 11.6 Å². The van der Waals surface area contributed by atoms with Crippen LogP contribution in [-0.4, -0.2) is 41.2 Å². The third kappa shape index (κ3) is 3.56. The van der Waals surface area contributed by atoms with Crippen molar-refractivity contribution in [2.24, 2.45) is 0 Å². The summed E-state index contributed by atoms with van der Waals surface area (Å²) in [6.07, 6.45) is 0.0270. The standard InChI is InChI=1S/C8H10ClF2N3O/c9-6-3-12-5-13-8(6)14(1-2-15)4-7(10)11/h3,5,7,15H,1-2,4H2. The largest absolute Gasteiger partial charge is 0.395 e. The lowest BCUT2D eigenvalue weighted by atomic mass is 10.4. The van der Waals surface area contributed by atoms with E-state index in [0.29, 0.717) is 0 Å². The SMILES string of the molecule is OCCN(CC(F)F)c1ncncc1Cl. The fourth-order valence-corrected chi connectivity index (χ4v) is 1.33. The van der Waals surface area contributed by atoms with Gasteiger partial charge in [0.05, 0.1) is 19.3 Å². The van der Waals surface area contributed by atoms with Crippen LogP contribution in [0.2, 0.25) is 5.02 Å². The Labute approximate surface area is 90.5 Å². The quantitative estimate of drug-likeness (QED) is 0.836. The van der Waals surface area contributed by atoms with Crippen molar-refractivity contribution >= 4 is 17.4 Å². The van der Waals surface area contributed by atoms with Crippen molar-refractivity contribution in [3.05, 3.63) is 17.5 Å². The summed E-state index contributed by atoms with van der Waals surface area (Å²) in [7, 11) is 0. The zero-order valence-corrected chi connectivity index (χ0v) is 8.53. The van der Waals surface area contributed by atoms with Crippen molar-refractivity contribution in [2.75, 3.05) is 24.6 Å². The molecule has 1 heterocycles. The number of aliphatic hydroxyl groups is 1. The van der Waals surface area contributed by atoms with Gasteiger partial charge in [-0.1, -0.05) is 11.6 Å². The minimum Gasteiger partial charge on any atom is -0.395 e. The number of hydrogen-bond donors (Lipinski definition) is 1. The van der Waals surface area contributed by atoms with Crippen molar-refractivity contribution in [1.82, 2.24) is 9.97 Å². The van der Waals surface area contributed by atoms with E-state index in [4.69, 9.17) is 16.7 Å². The molecule has 0 fully saturated rings. The first-order chi connectivity index (χ1) is 7.15. The molecule has 0 amide bonds. The molecule has 0 saturated heterocycles. The predicted octanol–water partition coefficient (Wildman–Crippen LogP) is 1.19. The van der Waals surface area contributed by atoms with Crippen LogP contribution in [0.4, 0.5) is 14.6 Å². The highest BCUT2D eigenvalue weighted by Crippen LogP contribution is 2.21. The number of halogens is 3. The normalized spacial score (nSPS) is 10.7. The first-order valence-electron chi connectivity index (χ1n) is 4.24. The molecule has 0 radical (unpaired) electrons. The number of rotatable bonds is 5. The summed E-state index contributed by atoms with van der Waals surface area (Å²) in [6, 6.07) is 0. The Kier molecular flexibility index (Phi) is 4.64. The highest BCUT2D eigenvalue weighted by Gasteiger charge is 2.15. The maximum Gasteiger partial charge on any atom is 0.255 e. The molecule has 1 aromatic rings. The molecular weight excluding hydrogens is 228 g/mol. The maximum atomic E-state index is 12.2. The smallest absolute Gasteiger partial charge is 0.255 e. The third-order valence-corrected chi connectivity index (χ3v) is 1.94. The highest BCUT2D eigenvalue weighted by atomic mass is 35.5. The Balaban J connectivity index is 2.83. The van der Waals surface area contributed by atoms with Gasteiger partial charge in [-0.15, -0.1) is 0 Å². The number of aromatic nitrogens is 2. The average Bonchev–Trinajstić information content (AvgIpc) is 2.17. The van der Waals surface area contributed by atoms with E-state index in [1.165, 1.54) is 17.4 Å². The number of nitrogens with zero attached hydrogens (tertiary/aromatic N) is 3. The number of aliphatic hydroxyl groups excluding tert-OH is 1. The van der Waals surface area contributed by atoms with Crippen LogP contribution in [0.15, 0.2) is 12.5 Å². The molecular formula is C8H10ClF2N3O. The molecule has 4 nitrogen and oxygen atoms in total. The van der Waals surface area contributed by atoms with Gasteiger partial charge in [-0.3, -0.25) is 0 Å². The van der Waals surface area contributed by atoms with Crippen LogP contribution in [0.3, 0.4) is 0 Å². The Morgan fingerprint density at radius 2 is 2.27 bits per heavy atom. The van der Waals surface area contributed by atoms with E-state index >= 15 is 0 Å². The van der Waals surface area contributed by atoms with Gasteiger partial charge in [0.15, 0.2) is 5.82 Å². The third-order valence-electron chi connectivity index (χ3n) is 1.68. The average molecular weight is 238 g/mol. The van der Waals surface area contributed by atoms with Crippen LogP contribution in [0.25, 0.3) is 0 Å². The lowest BCUT2D eigenvalue weighted by Crippen LogP contribution is -2.32. The molecule has 1 N–H and O–H groups in total. The Bertz CT molecular complexity index is 314. The lowest BCUT2D eigenvalue weighted by Gasteiger charge is -2.22. The van der Waals surface area contributed by atoms with Gasteiger partial charge in [0.1, 0.15) is 11.3 Å². The first kappa shape index (κ1) is 12.1. The summed E-state index contributed by atoms with van der Waals surface area (Å²) >= 11 is 5.74. The fraction of sp³-hybridized carbons (Fsp3) is 0.500. The number of anilines is 1. The van der Waals surface area contributed by atoms with E-state index in [-0.39, 0.29) is 24.0 Å². The summed E-state index contributed by atoms with van der Waals surface area (Å²) in [5.74, 6) is 0.209. The monoisotopic (exact) mass is 237 g/mol. The predicted molar refractivity (Wildman–Crippen MR) is 52.3 cm³/mol. The molecule has 0 aromatic carbocycles. The molecule has 84 valence electrons. The zero-order chi connectivity index (χ0) is 11.3.